The van der Waals surface area contributed by atoms with Gasteiger partial charge in [-0.25, -0.2) is 9.97 Å². The molecule has 0 aliphatic rings. The predicted octanol–water partition coefficient (Wildman–Crippen LogP) is 2.89. The largest absolute Gasteiger partial charge is 0.493 e. The molecular weight excluding hydrogens is 266 g/mol. The lowest BCUT2D eigenvalue weighted by Gasteiger charge is -2.08. The summed E-state index contributed by atoms with van der Waals surface area (Å²) in [6.45, 7) is 0. The minimum atomic E-state index is 0.192. The molecule has 1 aromatic carbocycles. The van der Waals surface area contributed by atoms with Crippen molar-refractivity contribution in [3.8, 4) is 23.6 Å². The topological polar surface area (TPSA) is 68.0 Å². The zero-order chi connectivity index (χ0) is 13.7. The Morgan fingerprint density at radius 2 is 2.00 bits per heavy atom. The van der Waals surface area contributed by atoms with Crippen LogP contribution in [0.5, 0.6) is 17.5 Å². The van der Waals surface area contributed by atoms with Crippen LogP contribution in [0.15, 0.2) is 30.6 Å². The van der Waals surface area contributed by atoms with Gasteiger partial charge in [-0.1, -0.05) is 0 Å². The molecule has 2 aromatic rings. The number of rotatable bonds is 4. The summed E-state index contributed by atoms with van der Waals surface area (Å²) in [5.41, 5.74) is 1.29. The third-order valence-electron chi connectivity index (χ3n) is 2.33. The van der Waals surface area contributed by atoms with Crippen molar-refractivity contribution in [2.75, 3.05) is 7.11 Å². The normalized spacial score (nSPS) is 9.74. The van der Waals surface area contributed by atoms with Gasteiger partial charge in [0.25, 0.3) is 0 Å². The van der Waals surface area contributed by atoms with Gasteiger partial charge in [-0.3, -0.25) is 0 Å². The molecule has 96 valence electrons. The summed E-state index contributed by atoms with van der Waals surface area (Å²) in [5, 5.41) is 8.81. The quantitative estimate of drug-likeness (QED) is 0.803. The van der Waals surface area contributed by atoms with Crippen LogP contribution in [0.25, 0.3) is 0 Å². The van der Waals surface area contributed by atoms with Gasteiger partial charge in [0.2, 0.25) is 0 Å². The first kappa shape index (κ1) is 13.1. The molecule has 0 aliphatic heterocycles. The monoisotopic (exact) mass is 275 g/mol. The SMILES string of the molecule is COc1cc(C#N)ccc1Oc1ncc(CCl)cn1. The van der Waals surface area contributed by atoms with E-state index in [1.54, 1.807) is 30.6 Å². The fourth-order valence-corrected chi connectivity index (χ4v) is 1.52. The van der Waals surface area contributed by atoms with Gasteiger partial charge in [-0.05, 0) is 12.1 Å². The van der Waals surface area contributed by atoms with Crippen molar-refractivity contribution >= 4 is 11.6 Å². The maximum Gasteiger partial charge on any atom is 0.322 e. The highest BCUT2D eigenvalue weighted by Gasteiger charge is 2.08. The van der Waals surface area contributed by atoms with E-state index in [0.717, 1.165) is 5.56 Å². The van der Waals surface area contributed by atoms with Crippen LogP contribution in [0, 0.1) is 11.3 Å². The van der Waals surface area contributed by atoms with Gasteiger partial charge < -0.3 is 9.47 Å². The van der Waals surface area contributed by atoms with Crippen molar-refractivity contribution in [2.45, 2.75) is 5.88 Å². The smallest absolute Gasteiger partial charge is 0.322 e. The average Bonchev–Trinajstić information content (AvgIpc) is 2.48. The Morgan fingerprint density at radius 1 is 1.26 bits per heavy atom. The fourth-order valence-electron chi connectivity index (χ4n) is 1.38. The number of halogens is 1. The maximum atomic E-state index is 8.81. The van der Waals surface area contributed by atoms with E-state index < -0.39 is 0 Å². The minimum Gasteiger partial charge on any atom is -0.493 e. The Morgan fingerprint density at radius 3 is 2.58 bits per heavy atom. The molecule has 0 atom stereocenters. The van der Waals surface area contributed by atoms with E-state index in [1.807, 2.05) is 6.07 Å². The highest BCUT2D eigenvalue weighted by molar-refractivity contribution is 6.17. The average molecular weight is 276 g/mol. The number of hydrogen-bond acceptors (Lipinski definition) is 5. The zero-order valence-electron chi connectivity index (χ0n) is 10.1. The molecule has 0 saturated heterocycles. The van der Waals surface area contributed by atoms with Crippen LogP contribution in [-0.2, 0) is 5.88 Å². The van der Waals surface area contributed by atoms with Crippen molar-refractivity contribution in [3.05, 3.63) is 41.7 Å². The third kappa shape index (κ3) is 3.12. The molecule has 5 nitrogen and oxygen atoms in total. The number of nitriles is 1. The Bertz CT molecular complexity index is 608. The number of aromatic nitrogens is 2. The standard InChI is InChI=1S/C13H10ClN3O2/c1-18-12-4-9(6-15)2-3-11(12)19-13-16-7-10(5-14)8-17-13/h2-4,7-8H,5H2,1H3. The van der Waals surface area contributed by atoms with E-state index in [1.165, 1.54) is 7.11 Å². The Hall–Kier alpha value is -2.32. The molecule has 1 aromatic heterocycles. The van der Waals surface area contributed by atoms with E-state index in [0.29, 0.717) is 22.9 Å². The number of nitrogens with zero attached hydrogens (tertiary/aromatic N) is 3. The molecule has 1 heterocycles. The summed E-state index contributed by atoms with van der Waals surface area (Å²) < 4.78 is 10.7. The summed E-state index contributed by atoms with van der Waals surface area (Å²) in [5.74, 6) is 1.24. The summed E-state index contributed by atoms with van der Waals surface area (Å²) in [6.07, 6.45) is 3.18. The van der Waals surface area contributed by atoms with Crippen LogP contribution in [-0.4, -0.2) is 17.1 Å². The first-order chi connectivity index (χ1) is 9.26. The number of hydrogen-bond donors (Lipinski definition) is 0. The summed E-state index contributed by atoms with van der Waals surface area (Å²) in [4.78, 5) is 8.05. The van der Waals surface area contributed by atoms with Crippen molar-refractivity contribution in [2.24, 2.45) is 0 Å². The van der Waals surface area contributed by atoms with E-state index in [2.05, 4.69) is 9.97 Å². The summed E-state index contributed by atoms with van der Waals surface area (Å²) >= 11 is 5.65. The zero-order valence-corrected chi connectivity index (χ0v) is 10.9. The Labute approximate surface area is 115 Å². The summed E-state index contributed by atoms with van der Waals surface area (Å²) in [7, 11) is 1.50. The molecule has 0 radical (unpaired) electrons. The van der Waals surface area contributed by atoms with Crippen molar-refractivity contribution in [3.63, 3.8) is 0 Å². The molecule has 19 heavy (non-hydrogen) atoms. The van der Waals surface area contributed by atoms with Crippen molar-refractivity contribution in [1.82, 2.24) is 9.97 Å². The fraction of sp³-hybridized carbons (Fsp3) is 0.154. The lowest BCUT2D eigenvalue weighted by Crippen LogP contribution is -1.95. The Kier molecular flexibility index (Phi) is 4.16. The van der Waals surface area contributed by atoms with E-state index in [4.69, 9.17) is 26.3 Å². The van der Waals surface area contributed by atoms with Crippen molar-refractivity contribution < 1.29 is 9.47 Å². The second-order valence-electron chi connectivity index (χ2n) is 3.59. The lowest BCUT2D eigenvalue weighted by atomic mass is 10.2. The van der Waals surface area contributed by atoms with E-state index in [-0.39, 0.29) is 6.01 Å². The van der Waals surface area contributed by atoms with Crippen molar-refractivity contribution in [1.29, 1.82) is 5.26 Å². The molecule has 0 N–H and O–H groups in total. The highest BCUT2D eigenvalue weighted by Crippen LogP contribution is 2.30. The predicted molar refractivity (Wildman–Crippen MR) is 69.4 cm³/mol. The molecule has 0 amide bonds. The van der Waals surface area contributed by atoms with Gasteiger partial charge in [0, 0.05) is 24.0 Å². The van der Waals surface area contributed by atoms with Crippen LogP contribution in [0.3, 0.4) is 0 Å². The van der Waals surface area contributed by atoms with E-state index in [9.17, 15) is 0 Å². The number of ether oxygens (including phenoxy) is 2. The van der Waals surface area contributed by atoms with Crippen LogP contribution in [0.2, 0.25) is 0 Å². The third-order valence-corrected chi connectivity index (χ3v) is 2.64. The number of alkyl halides is 1. The number of methoxy groups -OCH3 is 1. The minimum absolute atomic E-state index is 0.192. The molecule has 2 rings (SSSR count). The second-order valence-corrected chi connectivity index (χ2v) is 3.85. The summed E-state index contributed by atoms with van der Waals surface area (Å²) in [6, 6.07) is 7.07. The maximum absolute atomic E-state index is 8.81. The van der Waals surface area contributed by atoms with Gasteiger partial charge in [0.1, 0.15) is 0 Å². The molecule has 0 spiro atoms. The molecule has 0 unspecified atom stereocenters. The molecule has 0 saturated carbocycles. The first-order valence-corrected chi connectivity index (χ1v) is 5.93. The molecule has 6 heteroatoms. The second kappa shape index (κ2) is 6.03. The molecular formula is C13H10ClN3O2. The molecule has 0 fully saturated rings. The van der Waals surface area contributed by atoms with Crippen LogP contribution in [0.4, 0.5) is 0 Å². The van der Waals surface area contributed by atoms with E-state index >= 15 is 0 Å². The van der Waals surface area contributed by atoms with Crippen LogP contribution >= 0.6 is 11.6 Å². The molecule has 0 aliphatic carbocycles. The van der Waals surface area contributed by atoms with Gasteiger partial charge >= 0.3 is 6.01 Å². The van der Waals surface area contributed by atoms with Gasteiger partial charge in [0.15, 0.2) is 11.5 Å². The van der Waals surface area contributed by atoms with Gasteiger partial charge in [-0.15, -0.1) is 11.6 Å². The van der Waals surface area contributed by atoms with Gasteiger partial charge in [-0.2, -0.15) is 5.26 Å². The molecule has 0 bridgehead atoms. The number of benzene rings is 1. The van der Waals surface area contributed by atoms with Crippen LogP contribution < -0.4 is 9.47 Å². The lowest BCUT2D eigenvalue weighted by molar-refractivity contribution is 0.367. The van der Waals surface area contributed by atoms with Gasteiger partial charge in [0.05, 0.1) is 24.6 Å². The highest BCUT2D eigenvalue weighted by atomic mass is 35.5. The first-order valence-electron chi connectivity index (χ1n) is 5.39. The Balaban J connectivity index is 2.24. The van der Waals surface area contributed by atoms with Crippen LogP contribution in [0.1, 0.15) is 11.1 Å².